The quantitative estimate of drug-likeness (QED) is 0.668. The van der Waals surface area contributed by atoms with Crippen LogP contribution in [0.2, 0.25) is 0 Å². The second-order valence-electron chi connectivity index (χ2n) is 3.44. The maximum Gasteiger partial charge on any atom is 0.0210 e. The van der Waals surface area contributed by atoms with Gasteiger partial charge in [-0.25, -0.2) is 5.48 Å². The van der Waals surface area contributed by atoms with E-state index in [1.54, 1.807) is 0 Å². The Morgan fingerprint density at radius 1 is 1.38 bits per heavy atom. The van der Waals surface area contributed by atoms with Crippen molar-refractivity contribution in [1.82, 2.24) is 10.4 Å². The van der Waals surface area contributed by atoms with E-state index in [1.165, 1.54) is 25.9 Å². The van der Waals surface area contributed by atoms with Crippen LogP contribution in [0.5, 0.6) is 0 Å². The minimum Gasteiger partial charge on any atom is -0.317 e. The highest BCUT2D eigenvalue weighted by Gasteiger charge is 2.15. The van der Waals surface area contributed by atoms with Crippen molar-refractivity contribution in [2.75, 3.05) is 26.7 Å². The third-order valence-electron chi connectivity index (χ3n) is 2.50. The summed E-state index contributed by atoms with van der Waals surface area (Å²) in [7, 11) is 2.17. The number of piperidine rings is 1. The van der Waals surface area contributed by atoms with Gasteiger partial charge >= 0.3 is 0 Å². The highest BCUT2D eigenvalue weighted by Crippen LogP contribution is 2.18. The number of nitrogens with zero attached hydrogens (tertiary/aromatic N) is 1. The van der Waals surface area contributed by atoms with E-state index in [-0.39, 0.29) is 1.43 Å². The number of nitrogens with one attached hydrogen (secondary N) is 1. The molecule has 0 aromatic carbocycles. The van der Waals surface area contributed by atoms with Crippen LogP contribution < -0.4 is 5.48 Å². The van der Waals surface area contributed by atoms with Gasteiger partial charge in [0.15, 0.2) is 0 Å². The van der Waals surface area contributed by atoms with Crippen molar-refractivity contribution >= 4 is 0 Å². The molecule has 0 amide bonds. The van der Waals surface area contributed by atoms with Crippen molar-refractivity contribution in [2.45, 2.75) is 33.1 Å². The van der Waals surface area contributed by atoms with E-state index < -0.39 is 0 Å². The summed E-state index contributed by atoms with van der Waals surface area (Å²) in [6, 6.07) is 0. The second-order valence-corrected chi connectivity index (χ2v) is 3.44. The van der Waals surface area contributed by atoms with Gasteiger partial charge in [0, 0.05) is 7.97 Å². The van der Waals surface area contributed by atoms with Crippen molar-refractivity contribution in [3.63, 3.8) is 0 Å². The molecule has 1 rings (SSSR count). The summed E-state index contributed by atoms with van der Waals surface area (Å²) >= 11 is 0. The van der Waals surface area contributed by atoms with Crippen LogP contribution in [0.1, 0.15) is 34.5 Å². The molecule has 0 atom stereocenters. The molecule has 1 saturated heterocycles. The zero-order valence-electron chi connectivity index (χ0n) is 9.21. The fraction of sp³-hybridized carbons (Fsp3) is 1.00. The molecule has 1 aliphatic rings. The van der Waals surface area contributed by atoms with Gasteiger partial charge in [-0.05, 0) is 45.3 Å². The maximum absolute atomic E-state index is 8.39. The van der Waals surface area contributed by atoms with Crippen molar-refractivity contribution in [2.24, 2.45) is 5.92 Å². The Bertz CT molecular complexity index is 104. The molecule has 0 unspecified atom stereocenters. The van der Waals surface area contributed by atoms with Crippen LogP contribution in [0.25, 0.3) is 0 Å². The van der Waals surface area contributed by atoms with Crippen molar-refractivity contribution in [3.05, 3.63) is 0 Å². The van der Waals surface area contributed by atoms with Crippen LogP contribution in [-0.2, 0) is 0 Å². The predicted molar refractivity (Wildman–Crippen MR) is 58.1 cm³/mol. The van der Waals surface area contributed by atoms with E-state index in [0.717, 1.165) is 18.9 Å². The fourth-order valence-corrected chi connectivity index (χ4v) is 1.62. The van der Waals surface area contributed by atoms with Gasteiger partial charge in [0.05, 0.1) is 0 Å². The lowest BCUT2D eigenvalue weighted by atomic mass is 9.94. The molecule has 0 aliphatic carbocycles. The van der Waals surface area contributed by atoms with Crippen LogP contribution in [0, 0.1) is 5.92 Å². The first-order chi connectivity index (χ1) is 6.33. The molecule has 0 radical (unpaired) electrons. The summed E-state index contributed by atoms with van der Waals surface area (Å²) in [5, 5.41) is 8.39. The van der Waals surface area contributed by atoms with E-state index in [9.17, 15) is 0 Å². The van der Waals surface area contributed by atoms with Crippen LogP contribution in [0.3, 0.4) is 0 Å². The molecular formula is C10H26N2O. The zero-order chi connectivity index (χ0) is 10.1. The highest BCUT2D eigenvalue weighted by molar-refractivity contribution is 4.69. The highest BCUT2D eigenvalue weighted by atomic mass is 16.5. The van der Waals surface area contributed by atoms with Gasteiger partial charge in [-0.3, -0.25) is 0 Å². The first-order valence-electron chi connectivity index (χ1n) is 5.38. The third kappa shape index (κ3) is 6.02. The summed E-state index contributed by atoms with van der Waals surface area (Å²) in [6.07, 6.45) is 3.70. The molecule has 13 heavy (non-hydrogen) atoms. The second kappa shape index (κ2) is 8.48. The van der Waals surface area contributed by atoms with Crippen LogP contribution in [-0.4, -0.2) is 36.8 Å². The molecule has 0 bridgehead atoms. The molecule has 0 saturated carbocycles. The Morgan fingerprint density at radius 3 is 2.38 bits per heavy atom. The van der Waals surface area contributed by atoms with Gasteiger partial charge < -0.3 is 10.1 Å². The van der Waals surface area contributed by atoms with Crippen molar-refractivity contribution < 1.29 is 6.63 Å². The van der Waals surface area contributed by atoms with Crippen molar-refractivity contribution in [1.29, 1.82) is 0 Å². The number of rotatable bonds is 3. The normalized spacial score (nSPS) is 19.4. The van der Waals surface area contributed by atoms with Gasteiger partial charge in [0.2, 0.25) is 0 Å². The summed E-state index contributed by atoms with van der Waals surface area (Å²) in [5.74, 6) is 0.825. The minimum atomic E-state index is 0. The monoisotopic (exact) mass is 190 g/mol. The molecule has 0 aromatic heterocycles. The largest absolute Gasteiger partial charge is 0.317 e. The van der Waals surface area contributed by atoms with E-state index in [0.29, 0.717) is 0 Å². The summed E-state index contributed by atoms with van der Waals surface area (Å²) in [4.78, 5) is 2.36. The Kier molecular flexibility index (Phi) is 8.40. The zero-order valence-corrected chi connectivity index (χ0v) is 9.21. The summed E-state index contributed by atoms with van der Waals surface area (Å²) in [6.45, 7) is 7.18. The molecule has 0 aromatic rings. The molecule has 2 N–H and O–H groups in total. The number of hydrogen-bond donors (Lipinski definition) is 2. The molecule has 3 heteroatoms. The SMILES string of the molecule is CC.CN1CCC(CCNO)CC1.[HH]. The lowest BCUT2D eigenvalue weighted by Crippen LogP contribution is -2.31. The van der Waals surface area contributed by atoms with Crippen LogP contribution in [0.4, 0.5) is 0 Å². The lowest BCUT2D eigenvalue weighted by molar-refractivity contribution is 0.145. The van der Waals surface area contributed by atoms with E-state index in [2.05, 4.69) is 17.4 Å². The van der Waals surface area contributed by atoms with E-state index in [4.69, 9.17) is 5.21 Å². The Labute approximate surface area is 83.6 Å². The lowest BCUT2D eigenvalue weighted by Gasteiger charge is -2.28. The van der Waals surface area contributed by atoms with Gasteiger partial charge in [-0.15, -0.1) is 0 Å². The molecule has 82 valence electrons. The fourth-order valence-electron chi connectivity index (χ4n) is 1.62. The molecule has 3 nitrogen and oxygen atoms in total. The maximum atomic E-state index is 8.39. The van der Waals surface area contributed by atoms with Crippen LogP contribution >= 0.6 is 0 Å². The minimum absolute atomic E-state index is 0. The topological polar surface area (TPSA) is 35.5 Å². The number of hydroxylamine groups is 1. The van der Waals surface area contributed by atoms with Crippen molar-refractivity contribution in [3.8, 4) is 0 Å². The smallest absolute Gasteiger partial charge is 0.0210 e. The van der Waals surface area contributed by atoms with Gasteiger partial charge in [-0.1, -0.05) is 13.8 Å². The van der Waals surface area contributed by atoms with Gasteiger partial charge in [0.1, 0.15) is 0 Å². The number of hydrogen-bond acceptors (Lipinski definition) is 3. The average Bonchev–Trinajstić information content (AvgIpc) is 2.20. The Morgan fingerprint density at radius 2 is 1.92 bits per heavy atom. The summed E-state index contributed by atoms with van der Waals surface area (Å²) < 4.78 is 0. The average molecular weight is 190 g/mol. The first kappa shape index (κ1) is 12.9. The predicted octanol–water partition coefficient (Wildman–Crippen LogP) is 1.97. The van der Waals surface area contributed by atoms with E-state index >= 15 is 0 Å². The molecule has 1 fully saturated rings. The molecule has 1 aliphatic heterocycles. The Balaban J connectivity index is 0. The molecule has 0 spiro atoms. The third-order valence-corrected chi connectivity index (χ3v) is 2.50. The molecular weight excluding hydrogens is 164 g/mol. The standard InChI is InChI=1S/C8H18N2O.C2H6.H2/c1-10-6-3-8(4-7-10)2-5-9-11;1-2;/h8-9,11H,2-7H2,1H3;1-2H3;1H. The Hall–Kier alpha value is -0.120. The van der Waals surface area contributed by atoms with Gasteiger partial charge in [-0.2, -0.15) is 0 Å². The van der Waals surface area contributed by atoms with E-state index in [1.807, 2.05) is 13.8 Å². The summed E-state index contributed by atoms with van der Waals surface area (Å²) in [5.41, 5.74) is 2.21. The van der Waals surface area contributed by atoms with Crippen LogP contribution in [0.15, 0.2) is 0 Å². The van der Waals surface area contributed by atoms with Gasteiger partial charge in [0.25, 0.3) is 0 Å². The first-order valence-corrected chi connectivity index (χ1v) is 5.38. The molecule has 1 heterocycles. The number of likely N-dealkylation sites (tertiary alicyclic amines) is 1.